The molecule has 2 fully saturated rings. The minimum absolute atomic E-state index is 0.103. The van der Waals surface area contributed by atoms with E-state index in [-0.39, 0.29) is 29.7 Å². The first-order chi connectivity index (χ1) is 10.6. The number of halogens is 1. The average molecular weight is 305 g/mol. The molecule has 1 aromatic carbocycles. The van der Waals surface area contributed by atoms with Gasteiger partial charge >= 0.3 is 0 Å². The van der Waals surface area contributed by atoms with Crippen LogP contribution in [0.1, 0.15) is 37.7 Å². The Kier molecular flexibility index (Phi) is 4.48. The first-order valence-electron chi connectivity index (χ1n) is 8.18. The number of nitrogens with zero attached hydrogens (tertiary/aromatic N) is 1. The van der Waals surface area contributed by atoms with E-state index in [0.29, 0.717) is 0 Å². The van der Waals surface area contributed by atoms with Crippen molar-refractivity contribution in [2.24, 2.45) is 5.41 Å². The molecule has 1 saturated carbocycles. The SMILES string of the molecule is CO[C@@H]1CCC[C@@]12CCCN(C(=O)Cc1cccc(F)c1)C2. The van der Waals surface area contributed by atoms with Crippen LogP contribution in [0.2, 0.25) is 0 Å². The lowest BCUT2D eigenvalue weighted by Crippen LogP contribution is -2.50. The molecule has 2 aliphatic rings. The van der Waals surface area contributed by atoms with Crippen LogP contribution in [0.3, 0.4) is 0 Å². The second kappa shape index (κ2) is 6.37. The highest BCUT2D eigenvalue weighted by Crippen LogP contribution is 2.46. The summed E-state index contributed by atoms with van der Waals surface area (Å²) in [5, 5.41) is 0. The van der Waals surface area contributed by atoms with Gasteiger partial charge in [0.2, 0.25) is 5.91 Å². The third-order valence-corrected chi connectivity index (χ3v) is 5.31. The van der Waals surface area contributed by atoms with E-state index in [1.807, 2.05) is 11.0 Å². The molecule has 1 aliphatic carbocycles. The van der Waals surface area contributed by atoms with Crippen LogP contribution in [0.15, 0.2) is 24.3 Å². The van der Waals surface area contributed by atoms with Crippen molar-refractivity contribution in [2.45, 2.75) is 44.6 Å². The number of rotatable bonds is 3. The first kappa shape index (κ1) is 15.5. The van der Waals surface area contributed by atoms with Gasteiger partial charge in [0.05, 0.1) is 12.5 Å². The molecule has 0 radical (unpaired) electrons. The normalized spacial score (nSPS) is 28.3. The van der Waals surface area contributed by atoms with Gasteiger partial charge in [0.1, 0.15) is 5.82 Å². The summed E-state index contributed by atoms with van der Waals surface area (Å²) in [6.45, 7) is 1.60. The molecule has 4 heteroatoms. The summed E-state index contributed by atoms with van der Waals surface area (Å²) in [5.74, 6) is -0.179. The molecule has 1 amide bonds. The minimum Gasteiger partial charge on any atom is -0.381 e. The second-order valence-electron chi connectivity index (χ2n) is 6.70. The molecule has 120 valence electrons. The fourth-order valence-electron chi connectivity index (χ4n) is 4.25. The van der Waals surface area contributed by atoms with Crippen molar-refractivity contribution in [3.8, 4) is 0 Å². The maximum Gasteiger partial charge on any atom is 0.227 e. The molecule has 0 N–H and O–H groups in total. The Morgan fingerprint density at radius 3 is 3.00 bits per heavy atom. The number of carbonyl (C=O) groups is 1. The molecule has 1 aliphatic heterocycles. The molecule has 2 atom stereocenters. The lowest BCUT2D eigenvalue weighted by molar-refractivity contribution is -0.136. The summed E-state index contributed by atoms with van der Waals surface area (Å²) in [4.78, 5) is 14.5. The van der Waals surface area contributed by atoms with Gasteiger partial charge in [-0.1, -0.05) is 18.6 Å². The Balaban J connectivity index is 1.68. The van der Waals surface area contributed by atoms with Gasteiger partial charge in [0.25, 0.3) is 0 Å². The Morgan fingerprint density at radius 2 is 2.23 bits per heavy atom. The van der Waals surface area contributed by atoms with Crippen LogP contribution in [0.25, 0.3) is 0 Å². The van der Waals surface area contributed by atoms with Gasteiger partial charge in [-0.25, -0.2) is 4.39 Å². The zero-order chi connectivity index (χ0) is 15.6. The molecular formula is C18H24FNO2. The molecular weight excluding hydrogens is 281 g/mol. The van der Waals surface area contributed by atoms with E-state index >= 15 is 0 Å². The summed E-state index contributed by atoms with van der Waals surface area (Å²) >= 11 is 0. The fraction of sp³-hybridized carbons (Fsp3) is 0.611. The van der Waals surface area contributed by atoms with Crippen LogP contribution in [0.4, 0.5) is 4.39 Å². The van der Waals surface area contributed by atoms with Gasteiger partial charge in [-0.3, -0.25) is 4.79 Å². The summed E-state index contributed by atoms with van der Waals surface area (Å²) in [6, 6.07) is 6.33. The second-order valence-corrected chi connectivity index (χ2v) is 6.70. The van der Waals surface area contributed by atoms with Gasteiger partial charge in [-0.2, -0.15) is 0 Å². The monoisotopic (exact) mass is 305 g/mol. The van der Waals surface area contributed by atoms with E-state index in [9.17, 15) is 9.18 Å². The van der Waals surface area contributed by atoms with E-state index < -0.39 is 0 Å². The molecule has 1 saturated heterocycles. The number of methoxy groups -OCH3 is 1. The Bertz CT molecular complexity index is 548. The fourth-order valence-corrected chi connectivity index (χ4v) is 4.25. The molecule has 1 heterocycles. The van der Waals surface area contributed by atoms with Gasteiger partial charge in [-0.15, -0.1) is 0 Å². The van der Waals surface area contributed by atoms with Crippen molar-refractivity contribution >= 4 is 5.91 Å². The highest BCUT2D eigenvalue weighted by Gasteiger charge is 2.46. The van der Waals surface area contributed by atoms with Crippen LogP contribution in [0, 0.1) is 11.2 Å². The Morgan fingerprint density at radius 1 is 1.41 bits per heavy atom. The van der Waals surface area contributed by atoms with Crippen LogP contribution in [-0.2, 0) is 16.0 Å². The molecule has 0 bridgehead atoms. The van der Waals surface area contributed by atoms with E-state index in [2.05, 4.69) is 0 Å². The van der Waals surface area contributed by atoms with Crippen molar-refractivity contribution in [3.05, 3.63) is 35.6 Å². The summed E-state index contributed by atoms with van der Waals surface area (Å²) in [6.07, 6.45) is 6.18. The molecule has 22 heavy (non-hydrogen) atoms. The van der Waals surface area contributed by atoms with Crippen molar-refractivity contribution in [3.63, 3.8) is 0 Å². The van der Waals surface area contributed by atoms with Gasteiger partial charge in [-0.05, 0) is 43.4 Å². The molecule has 0 aromatic heterocycles. The number of likely N-dealkylation sites (tertiary alicyclic amines) is 1. The van der Waals surface area contributed by atoms with Gasteiger partial charge in [0.15, 0.2) is 0 Å². The largest absolute Gasteiger partial charge is 0.381 e. The Hall–Kier alpha value is -1.42. The lowest BCUT2D eigenvalue weighted by atomic mass is 9.76. The number of benzene rings is 1. The molecule has 0 unspecified atom stereocenters. The first-order valence-corrected chi connectivity index (χ1v) is 8.18. The van der Waals surface area contributed by atoms with Crippen LogP contribution >= 0.6 is 0 Å². The molecule has 3 rings (SSSR count). The van der Waals surface area contributed by atoms with Crippen molar-refractivity contribution in [1.82, 2.24) is 4.90 Å². The molecule has 1 spiro atoms. The highest BCUT2D eigenvalue weighted by atomic mass is 19.1. The third kappa shape index (κ3) is 3.02. The van der Waals surface area contributed by atoms with Crippen LogP contribution in [-0.4, -0.2) is 37.1 Å². The average Bonchev–Trinajstić information content (AvgIpc) is 2.89. The van der Waals surface area contributed by atoms with E-state index in [1.165, 1.54) is 18.6 Å². The van der Waals surface area contributed by atoms with Gasteiger partial charge in [0, 0.05) is 25.6 Å². The predicted molar refractivity (Wildman–Crippen MR) is 83.0 cm³/mol. The van der Waals surface area contributed by atoms with Crippen molar-refractivity contribution < 1.29 is 13.9 Å². The zero-order valence-electron chi connectivity index (χ0n) is 13.2. The van der Waals surface area contributed by atoms with E-state index in [1.54, 1.807) is 13.2 Å². The quantitative estimate of drug-likeness (QED) is 0.858. The van der Waals surface area contributed by atoms with Gasteiger partial charge < -0.3 is 9.64 Å². The summed E-state index contributed by atoms with van der Waals surface area (Å²) in [7, 11) is 1.78. The van der Waals surface area contributed by atoms with E-state index in [0.717, 1.165) is 44.3 Å². The maximum atomic E-state index is 13.3. The number of hydrogen-bond donors (Lipinski definition) is 0. The number of amides is 1. The Labute approximate surface area is 131 Å². The third-order valence-electron chi connectivity index (χ3n) is 5.31. The summed E-state index contributed by atoms with van der Waals surface area (Å²) in [5.41, 5.74) is 0.893. The number of piperidine rings is 1. The van der Waals surface area contributed by atoms with Crippen molar-refractivity contribution in [2.75, 3.05) is 20.2 Å². The zero-order valence-corrected chi connectivity index (χ0v) is 13.2. The van der Waals surface area contributed by atoms with Crippen molar-refractivity contribution in [1.29, 1.82) is 0 Å². The minimum atomic E-state index is -0.282. The standard InChI is InChI=1S/C18H24FNO2/c1-22-16-7-3-8-18(16)9-4-10-20(13-18)17(21)12-14-5-2-6-15(19)11-14/h2,5-6,11,16H,3-4,7-10,12-13H2,1H3/t16-,18+/m1/s1. The van der Waals surface area contributed by atoms with Crippen LogP contribution < -0.4 is 0 Å². The highest BCUT2D eigenvalue weighted by molar-refractivity contribution is 5.79. The smallest absolute Gasteiger partial charge is 0.227 e. The molecule has 3 nitrogen and oxygen atoms in total. The summed E-state index contributed by atoms with van der Waals surface area (Å²) < 4.78 is 18.9. The molecule has 1 aromatic rings. The van der Waals surface area contributed by atoms with E-state index in [4.69, 9.17) is 4.74 Å². The maximum absolute atomic E-state index is 13.3. The number of ether oxygens (including phenoxy) is 1. The topological polar surface area (TPSA) is 29.5 Å². The predicted octanol–water partition coefficient (Wildman–Crippen LogP) is 3.18. The lowest BCUT2D eigenvalue weighted by Gasteiger charge is -2.43. The number of hydrogen-bond acceptors (Lipinski definition) is 2. The number of carbonyl (C=O) groups excluding carboxylic acids is 1. The van der Waals surface area contributed by atoms with Crippen LogP contribution in [0.5, 0.6) is 0 Å².